The zero-order valence-corrected chi connectivity index (χ0v) is 36.6. The van der Waals surface area contributed by atoms with E-state index in [0.717, 1.165) is 6.07 Å². The van der Waals surface area contributed by atoms with Crippen LogP contribution in [-0.2, 0) is 23.0 Å². The predicted molar refractivity (Wildman–Crippen MR) is 223 cm³/mol. The first kappa shape index (κ1) is 44.1. The highest BCUT2D eigenvalue weighted by Gasteiger charge is 2.47. The molecule has 0 radical (unpaired) electrons. The van der Waals surface area contributed by atoms with Crippen molar-refractivity contribution < 1.29 is 48.8 Å². The van der Waals surface area contributed by atoms with Gasteiger partial charge in [0.15, 0.2) is 4.21 Å². The summed E-state index contributed by atoms with van der Waals surface area (Å²) in [7, 11) is -4.72. The van der Waals surface area contributed by atoms with Crippen molar-refractivity contribution in [3.05, 3.63) is 96.5 Å². The van der Waals surface area contributed by atoms with Crippen molar-refractivity contribution >= 4 is 79.2 Å². The fourth-order valence-corrected chi connectivity index (χ4v) is 11.4. The molecule has 0 saturated heterocycles. The number of halogens is 10. The van der Waals surface area contributed by atoms with E-state index in [1.165, 1.54) is 45.0 Å². The van der Waals surface area contributed by atoms with Crippen LogP contribution in [0.3, 0.4) is 0 Å². The van der Waals surface area contributed by atoms with Crippen LogP contribution in [0, 0.1) is 0 Å². The van der Waals surface area contributed by atoms with E-state index in [9.17, 15) is 13.0 Å². The van der Waals surface area contributed by atoms with Crippen molar-refractivity contribution in [1.82, 2.24) is 19.6 Å². The monoisotopic (exact) mass is 984 g/mol. The normalized spacial score (nSPS) is 15.1. The largest absolute Gasteiger partial charge is 0.492 e. The van der Waals surface area contributed by atoms with Crippen molar-refractivity contribution in [3.8, 4) is 44.0 Å². The fourth-order valence-electron chi connectivity index (χ4n) is 7.76. The molecule has 2 aliphatic heterocycles. The summed E-state index contributed by atoms with van der Waals surface area (Å²) in [5, 5.41) is 11.5. The van der Waals surface area contributed by atoms with Crippen LogP contribution in [0.25, 0.3) is 32.5 Å². The number of rotatable bonds is 11. The zero-order valence-electron chi connectivity index (χ0n) is 31.1. The second-order valence-electron chi connectivity index (χ2n) is 14.3. The number of fused-ring (bicyclic) bond motifs is 6. The maximum atomic E-state index is 15.1. The van der Waals surface area contributed by atoms with E-state index in [1.807, 2.05) is 0 Å². The van der Waals surface area contributed by atoms with Gasteiger partial charge in [-0.05, 0) is 60.7 Å². The zero-order chi connectivity index (χ0) is 43.6. The van der Waals surface area contributed by atoms with Gasteiger partial charge in [-0.2, -0.15) is 45.0 Å². The standard InChI is InChI=1S/C39H30Cl4F6N4O5S3/c40-19-6-8-27(25(42)16-19)52-34-21(10-13-57-29-12-15-59-36(29)34)32(50-52)23(38(44,45)46)4-2-1-3-5-24(39(47,48)49)33-22-11-14-58-30-18-31(61(54,55)56)60-37(30)35(22)53(51-33)28-9-7-20(41)17-26(28)43/h6-9,12,15-18,23-24H,1-5,10-11,13-14H2,(H,54,55,56). The molecule has 0 saturated carbocycles. The molecule has 8 rings (SSSR count). The molecule has 6 heterocycles. The third kappa shape index (κ3) is 8.75. The molecule has 9 nitrogen and oxygen atoms in total. The highest BCUT2D eigenvalue weighted by atomic mass is 35.5. The van der Waals surface area contributed by atoms with Gasteiger partial charge in [-0.15, -0.1) is 22.7 Å². The Hall–Kier alpha value is -3.49. The van der Waals surface area contributed by atoms with Gasteiger partial charge in [0, 0.05) is 40.1 Å². The summed E-state index contributed by atoms with van der Waals surface area (Å²) < 4.78 is 138. The summed E-state index contributed by atoms with van der Waals surface area (Å²) in [6.45, 7) is -0.0554. The van der Waals surface area contributed by atoms with E-state index >= 15 is 26.3 Å². The molecule has 0 spiro atoms. The van der Waals surface area contributed by atoms with Gasteiger partial charge in [-0.3, -0.25) is 4.55 Å². The minimum atomic E-state index is -4.85. The van der Waals surface area contributed by atoms with Gasteiger partial charge < -0.3 is 9.47 Å². The van der Waals surface area contributed by atoms with E-state index in [-0.39, 0.29) is 99.3 Å². The summed E-state index contributed by atoms with van der Waals surface area (Å²) in [5.41, 5.74) is 0.825. The number of nitrogens with zero attached hydrogens (tertiary/aromatic N) is 4. The SMILES string of the molecule is O=S(=O)(O)c1cc2c(s1)-c1c(c(C(CCCCCC(c3nn(-c4ccc(Cl)cc4Cl)c4c3CCOc3ccsc3-4)C(F)(F)F)C(F)(F)F)nn1-c1ccc(Cl)cc1Cl)CCO2. The van der Waals surface area contributed by atoms with Crippen molar-refractivity contribution in [2.45, 2.75) is 73.3 Å². The van der Waals surface area contributed by atoms with E-state index in [2.05, 4.69) is 10.2 Å². The first-order chi connectivity index (χ1) is 28.8. The summed E-state index contributed by atoms with van der Waals surface area (Å²) in [5.74, 6) is -3.73. The molecule has 0 fully saturated rings. The van der Waals surface area contributed by atoms with Gasteiger partial charge in [0.2, 0.25) is 0 Å². The lowest BCUT2D eigenvalue weighted by molar-refractivity contribution is -0.153. The number of thiophene rings is 2. The first-order valence-corrected chi connectivity index (χ1v) is 23.2. The fraction of sp³-hybridized carbons (Fsp3) is 0.333. The molecule has 0 bridgehead atoms. The maximum Gasteiger partial charge on any atom is 0.397 e. The molecular weight excluding hydrogens is 956 g/mol. The van der Waals surface area contributed by atoms with E-state index in [0.29, 0.717) is 43.9 Å². The van der Waals surface area contributed by atoms with Crippen molar-refractivity contribution in [3.63, 3.8) is 0 Å². The summed E-state index contributed by atoms with van der Waals surface area (Å²) in [6, 6.07) is 11.7. The molecule has 61 heavy (non-hydrogen) atoms. The smallest absolute Gasteiger partial charge is 0.397 e. The molecule has 22 heteroatoms. The molecule has 0 amide bonds. The number of alkyl halides is 6. The molecule has 1 N–H and O–H groups in total. The molecule has 6 aromatic rings. The highest BCUT2D eigenvalue weighted by Crippen LogP contribution is 2.51. The summed E-state index contributed by atoms with van der Waals surface area (Å²) >= 11 is 27.2. The van der Waals surface area contributed by atoms with Crippen LogP contribution in [0.5, 0.6) is 11.5 Å². The molecule has 2 atom stereocenters. The van der Waals surface area contributed by atoms with Gasteiger partial charge in [0.1, 0.15) is 11.5 Å². The summed E-state index contributed by atoms with van der Waals surface area (Å²) in [4.78, 5) is 0.681. The molecular formula is C39H30Cl4F6N4O5S3. The topological polar surface area (TPSA) is 108 Å². The third-order valence-corrected chi connectivity index (χ3v) is 14.9. The minimum Gasteiger partial charge on any atom is -0.492 e. The molecule has 0 aliphatic carbocycles. The second-order valence-corrected chi connectivity index (χ2v) is 19.6. The first-order valence-electron chi connectivity index (χ1n) is 18.5. The van der Waals surface area contributed by atoms with Crippen molar-refractivity contribution in [2.24, 2.45) is 0 Å². The predicted octanol–water partition coefficient (Wildman–Crippen LogP) is 13.2. The van der Waals surface area contributed by atoms with Crippen LogP contribution >= 0.6 is 69.1 Å². The summed E-state index contributed by atoms with van der Waals surface area (Å²) in [6.07, 6.45) is -10.7. The number of hydrogen-bond acceptors (Lipinski definition) is 8. The number of unbranched alkanes of at least 4 members (excludes halogenated alkanes) is 2. The molecule has 2 unspecified atom stereocenters. The van der Waals surface area contributed by atoms with Crippen LogP contribution in [-0.4, -0.2) is 58.1 Å². The quantitative estimate of drug-likeness (QED) is 0.0782. The Morgan fingerprint density at radius 1 is 0.705 bits per heavy atom. The number of aromatic nitrogens is 4. The lowest BCUT2D eigenvalue weighted by atomic mass is 9.90. The average molecular weight is 987 g/mol. The van der Waals surface area contributed by atoms with Crippen LogP contribution in [0.1, 0.15) is 66.5 Å². The molecule has 2 aromatic carbocycles. The molecule has 2 aliphatic rings. The lowest BCUT2D eigenvalue weighted by Crippen LogP contribution is -2.23. The highest BCUT2D eigenvalue weighted by molar-refractivity contribution is 7.88. The molecule has 4 aromatic heterocycles. The van der Waals surface area contributed by atoms with Crippen molar-refractivity contribution in [2.75, 3.05) is 13.2 Å². The van der Waals surface area contributed by atoms with Crippen LogP contribution in [0.15, 0.2) is 58.1 Å². The number of ether oxygens (including phenoxy) is 2. The Balaban J connectivity index is 1.10. The number of benzene rings is 2. The van der Waals surface area contributed by atoms with Gasteiger partial charge in [0.25, 0.3) is 0 Å². The van der Waals surface area contributed by atoms with Crippen LogP contribution in [0.4, 0.5) is 26.3 Å². The van der Waals surface area contributed by atoms with Crippen LogP contribution < -0.4 is 9.47 Å². The maximum absolute atomic E-state index is 15.1. The average Bonchev–Trinajstić information content (AvgIpc) is 3.92. The third-order valence-electron chi connectivity index (χ3n) is 10.4. The van der Waals surface area contributed by atoms with Crippen LogP contribution in [0.2, 0.25) is 20.1 Å². The van der Waals surface area contributed by atoms with Crippen molar-refractivity contribution in [1.29, 1.82) is 0 Å². The van der Waals surface area contributed by atoms with Gasteiger partial charge in [-0.1, -0.05) is 65.7 Å². The van der Waals surface area contributed by atoms with Gasteiger partial charge in [0.05, 0.1) is 79.0 Å². The Morgan fingerprint density at radius 2 is 1.20 bits per heavy atom. The Bertz CT molecular complexity index is 2750. The Kier molecular flexibility index (Phi) is 12.2. The van der Waals surface area contributed by atoms with Gasteiger partial charge >= 0.3 is 22.5 Å². The number of hydrogen-bond donors (Lipinski definition) is 1. The Labute approximate surface area is 372 Å². The minimum absolute atomic E-state index is 0.00503. The lowest BCUT2D eigenvalue weighted by Gasteiger charge is -2.21. The second kappa shape index (κ2) is 16.9. The van der Waals surface area contributed by atoms with Gasteiger partial charge in [-0.25, -0.2) is 9.36 Å². The molecule has 324 valence electrons. The van der Waals surface area contributed by atoms with E-state index < -0.39 is 51.4 Å². The van der Waals surface area contributed by atoms with E-state index in [1.54, 1.807) is 23.6 Å². The van der Waals surface area contributed by atoms with E-state index in [4.69, 9.17) is 55.9 Å². The Morgan fingerprint density at radius 3 is 1.67 bits per heavy atom.